The molecule has 1 unspecified atom stereocenters. The second-order valence-electron chi connectivity index (χ2n) is 7.86. The third-order valence-corrected chi connectivity index (χ3v) is 6.19. The van der Waals surface area contributed by atoms with Crippen LogP contribution in [0.3, 0.4) is 0 Å². The summed E-state index contributed by atoms with van der Waals surface area (Å²) in [5, 5.41) is 0. The molecule has 0 fully saturated rings. The van der Waals surface area contributed by atoms with Gasteiger partial charge in [0.15, 0.2) is 5.96 Å². The number of aliphatic imine (C=N–C) groups is 1. The van der Waals surface area contributed by atoms with Crippen LogP contribution in [0.2, 0.25) is 0 Å². The minimum atomic E-state index is -1.33. The lowest BCUT2D eigenvalue weighted by molar-refractivity contribution is -0.129. The van der Waals surface area contributed by atoms with E-state index in [9.17, 15) is 4.79 Å². The molecular formula is C25H23N3O4. The molecule has 2 aliphatic rings. The topological polar surface area (TPSA) is 86.4 Å². The second-order valence-corrected chi connectivity index (χ2v) is 7.86. The number of guanidine groups is 1. The molecule has 0 saturated carbocycles. The number of nitrogens with zero attached hydrogens (tertiary/aromatic N) is 2. The Morgan fingerprint density at radius 2 is 1.78 bits per heavy atom. The first-order chi connectivity index (χ1) is 15.4. The largest absolute Gasteiger partial charge is 0.497 e. The zero-order valence-electron chi connectivity index (χ0n) is 18.3. The van der Waals surface area contributed by atoms with Crippen LogP contribution in [0.25, 0.3) is 11.1 Å². The van der Waals surface area contributed by atoms with Crippen LogP contribution in [0.5, 0.6) is 23.0 Å². The number of ether oxygens (including phenoxy) is 3. The molecule has 3 aromatic rings. The Bertz CT molecular complexity index is 1300. The van der Waals surface area contributed by atoms with Gasteiger partial charge in [-0.3, -0.25) is 9.69 Å². The summed E-state index contributed by atoms with van der Waals surface area (Å²) < 4.78 is 17.1. The van der Waals surface area contributed by atoms with Crippen molar-refractivity contribution in [2.75, 3.05) is 21.3 Å². The van der Waals surface area contributed by atoms with Gasteiger partial charge in [-0.05, 0) is 54.4 Å². The highest BCUT2D eigenvalue weighted by Gasteiger charge is 2.55. The van der Waals surface area contributed by atoms with Gasteiger partial charge in [-0.1, -0.05) is 18.2 Å². The smallest absolute Gasteiger partial charge is 0.266 e. The van der Waals surface area contributed by atoms with Gasteiger partial charge in [-0.2, -0.15) is 0 Å². The van der Waals surface area contributed by atoms with Crippen LogP contribution in [0.4, 0.5) is 0 Å². The van der Waals surface area contributed by atoms with E-state index in [1.165, 1.54) is 4.90 Å². The second kappa shape index (κ2) is 7.02. The highest BCUT2D eigenvalue weighted by atomic mass is 16.5. The molecule has 0 radical (unpaired) electrons. The number of hydrogen-bond donors (Lipinski definition) is 1. The minimum Gasteiger partial charge on any atom is -0.497 e. The van der Waals surface area contributed by atoms with E-state index in [1.807, 2.05) is 61.5 Å². The fourth-order valence-corrected chi connectivity index (χ4v) is 4.44. The van der Waals surface area contributed by atoms with Gasteiger partial charge < -0.3 is 19.9 Å². The highest BCUT2D eigenvalue weighted by Crippen LogP contribution is 2.54. The summed E-state index contributed by atoms with van der Waals surface area (Å²) in [6.45, 7) is 1.90. The number of rotatable bonds is 3. The molecule has 1 atom stereocenters. The van der Waals surface area contributed by atoms with Crippen molar-refractivity contribution in [3.05, 3.63) is 71.3 Å². The first-order valence-corrected chi connectivity index (χ1v) is 10.2. The first kappa shape index (κ1) is 19.9. The molecule has 2 aliphatic heterocycles. The molecule has 3 aromatic carbocycles. The average molecular weight is 429 g/mol. The Kier molecular flexibility index (Phi) is 4.37. The monoisotopic (exact) mass is 429 g/mol. The van der Waals surface area contributed by atoms with E-state index in [0.29, 0.717) is 28.4 Å². The summed E-state index contributed by atoms with van der Waals surface area (Å²) in [5.41, 5.74) is 8.76. The van der Waals surface area contributed by atoms with Crippen molar-refractivity contribution < 1.29 is 19.0 Å². The van der Waals surface area contributed by atoms with Gasteiger partial charge in [0, 0.05) is 23.7 Å². The van der Waals surface area contributed by atoms with Crippen molar-refractivity contribution in [1.29, 1.82) is 0 Å². The van der Waals surface area contributed by atoms with Gasteiger partial charge in [-0.15, -0.1) is 0 Å². The van der Waals surface area contributed by atoms with E-state index in [1.54, 1.807) is 21.3 Å². The Morgan fingerprint density at radius 3 is 2.47 bits per heavy atom. The lowest BCUT2D eigenvalue weighted by Gasteiger charge is -2.34. The van der Waals surface area contributed by atoms with Gasteiger partial charge in [0.1, 0.15) is 23.0 Å². The maximum absolute atomic E-state index is 13.7. The minimum absolute atomic E-state index is 0.161. The summed E-state index contributed by atoms with van der Waals surface area (Å²) in [6, 6.07) is 17.2. The Morgan fingerprint density at radius 1 is 1.00 bits per heavy atom. The lowest BCUT2D eigenvalue weighted by Crippen LogP contribution is -2.42. The molecule has 5 rings (SSSR count). The molecule has 162 valence electrons. The van der Waals surface area contributed by atoms with Crippen LogP contribution in [-0.4, -0.2) is 38.0 Å². The van der Waals surface area contributed by atoms with Crippen LogP contribution >= 0.6 is 0 Å². The van der Waals surface area contributed by atoms with Gasteiger partial charge in [0.05, 0.1) is 14.2 Å². The molecule has 7 nitrogen and oxygen atoms in total. The van der Waals surface area contributed by atoms with Crippen LogP contribution in [0, 0.1) is 6.92 Å². The van der Waals surface area contributed by atoms with Crippen LogP contribution in [-0.2, 0) is 10.3 Å². The number of carbonyl (C=O) groups is 1. The van der Waals surface area contributed by atoms with Crippen molar-refractivity contribution in [1.82, 2.24) is 4.90 Å². The zero-order valence-corrected chi connectivity index (χ0v) is 18.3. The number of amides is 1. The number of nitrogens with two attached hydrogens (primary N) is 1. The molecule has 0 saturated heterocycles. The van der Waals surface area contributed by atoms with Crippen LogP contribution < -0.4 is 19.9 Å². The number of fused-ring (bicyclic) bond motifs is 4. The van der Waals surface area contributed by atoms with Crippen LogP contribution in [0.15, 0.2) is 59.6 Å². The summed E-state index contributed by atoms with van der Waals surface area (Å²) >= 11 is 0. The van der Waals surface area contributed by atoms with E-state index in [2.05, 4.69) is 0 Å². The van der Waals surface area contributed by atoms with E-state index in [-0.39, 0.29) is 11.9 Å². The van der Waals surface area contributed by atoms with Crippen molar-refractivity contribution in [3.8, 4) is 34.1 Å². The van der Waals surface area contributed by atoms with E-state index in [0.717, 1.165) is 22.4 Å². The number of carbonyl (C=O) groups excluding carboxylic acids is 1. The highest BCUT2D eigenvalue weighted by molar-refractivity contribution is 6.10. The van der Waals surface area contributed by atoms with Gasteiger partial charge in [0.25, 0.3) is 5.91 Å². The number of benzene rings is 3. The van der Waals surface area contributed by atoms with Crippen LogP contribution in [0.1, 0.15) is 16.7 Å². The van der Waals surface area contributed by atoms with E-state index >= 15 is 0 Å². The van der Waals surface area contributed by atoms with Gasteiger partial charge in [-0.25, -0.2) is 4.99 Å². The fourth-order valence-electron chi connectivity index (χ4n) is 4.44. The number of hydrogen-bond acceptors (Lipinski definition) is 6. The SMILES string of the molecule is COc1cccc(-c2ccc3c(c2)C2(N=C(N)N(C)C2=O)c2ccc(OC)c(C)c2O3)c1. The maximum atomic E-state index is 13.7. The molecule has 0 aliphatic carbocycles. The summed E-state index contributed by atoms with van der Waals surface area (Å²) in [6.07, 6.45) is 0. The molecule has 1 amide bonds. The molecular weight excluding hydrogens is 406 g/mol. The quantitative estimate of drug-likeness (QED) is 0.684. The predicted octanol–water partition coefficient (Wildman–Crippen LogP) is 3.82. The first-order valence-electron chi connectivity index (χ1n) is 10.2. The molecule has 32 heavy (non-hydrogen) atoms. The third kappa shape index (κ3) is 2.60. The summed E-state index contributed by atoms with van der Waals surface area (Å²) in [7, 11) is 4.87. The molecule has 0 aromatic heterocycles. The Hall–Kier alpha value is -4.00. The zero-order chi connectivity index (χ0) is 22.6. The third-order valence-electron chi connectivity index (χ3n) is 6.19. The lowest BCUT2D eigenvalue weighted by atomic mass is 9.78. The number of methoxy groups -OCH3 is 2. The molecule has 1 spiro atoms. The summed E-state index contributed by atoms with van der Waals surface area (Å²) in [4.78, 5) is 19.8. The molecule has 2 N–H and O–H groups in total. The van der Waals surface area contributed by atoms with E-state index in [4.69, 9.17) is 24.9 Å². The summed E-state index contributed by atoms with van der Waals surface area (Å²) in [5.74, 6) is 2.47. The normalized spacial score (nSPS) is 18.7. The number of likely N-dealkylation sites (N-methyl/N-ethyl adjacent to an activating group) is 1. The van der Waals surface area contributed by atoms with Crippen molar-refractivity contribution in [2.24, 2.45) is 10.7 Å². The molecule has 2 heterocycles. The standard InChI is InChI=1S/C25H23N3O4/c1-14-20(31-4)11-9-18-22(14)32-21-10-8-16(15-6-5-7-17(12-15)30-3)13-19(21)25(18)23(29)28(2)24(26)27-25/h5-13H,1-4H3,(H2,26,27). The van der Waals surface area contributed by atoms with Crippen molar-refractivity contribution in [3.63, 3.8) is 0 Å². The maximum Gasteiger partial charge on any atom is 0.266 e. The Balaban J connectivity index is 1.78. The van der Waals surface area contributed by atoms with Gasteiger partial charge in [0.2, 0.25) is 5.54 Å². The molecule has 7 heteroatoms. The van der Waals surface area contributed by atoms with E-state index < -0.39 is 5.54 Å². The van der Waals surface area contributed by atoms with Crippen molar-refractivity contribution in [2.45, 2.75) is 12.5 Å². The fraction of sp³-hybridized carbons (Fsp3) is 0.200. The molecule has 0 bridgehead atoms. The predicted molar refractivity (Wildman–Crippen MR) is 121 cm³/mol. The van der Waals surface area contributed by atoms with Gasteiger partial charge >= 0.3 is 0 Å². The van der Waals surface area contributed by atoms with Crippen molar-refractivity contribution >= 4 is 11.9 Å². The Labute approximate surface area is 186 Å². The average Bonchev–Trinajstić information content (AvgIpc) is 3.04.